The van der Waals surface area contributed by atoms with Crippen molar-refractivity contribution in [3.8, 4) is 5.75 Å². The topological polar surface area (TPSA) is 71.1 Å². The van der Waals surface area contributed by atoms with E-state index in [-0.39, 0.29) is 5.91 Å². The molecule has 1 aromatic carbocycles. The van der Waals surface area contributed by atoms with Crippen LogP contribution in [0.5, 0.6) is 5.75 Å². The first-order chi connectivity index (χ1) is 9.65. The Kier molecular flexibility index (Phi) is 5.11. The van der Waals surface area contributed by atoms with Gasteiger partial charge in [-0.25, -0.2) is 4.98 Å². The standard InChI is InChI=1S/C13H15BrN4O2/c1-18(8-12-15-9-16-17-12)13(19)6-7-20-11-4-2-10(14)3-5-11/h2-5,9H,6-8H2,1H3,(H,15,16,17). The molecule has 1 amide bonds. The van der Waals surface area contributed by atoms with Gasteiger partial charge >= 0.3 is 0 Å². The van der Waals surface area contributed by atoms with E-state index in [4.69, 9.17) is 4.74 Å². The van der Waals surface area contributed by atoms with E-state index in [1.165, 1.54) is 6.33 Å². The Balaban J connectivity index is 1.73. The minimum atomic E-state index is -0.00138. The number of hydrogen-bond donors (Lipinski definition) is 1. The van der Waals surface area contributed by atoms with E-state index in [0.29, 0.717) is 25.4 Å². The maximum atomic E-state index is 11.9. The molecule has 2 rings (SSSR count). The Hall–Kier alpha value is -1.89. The van der Waals surface area contributed by atoms with Gasteiger partial charge in [-0.2, -0.15) is 5.10 Å². The number of hydrogen-bond acceptors (Lipinski definition) is 4. The second-order valence-electron chi connectivity index (χ2n) is 4.23. The summed E-state index contributed by atoms with van der Waals surface area (Å²) in [4.78, 5) is 17.5. The summed E-state index contributed by atoms with van der Waals surface area (Å²) in [7, 11) is 1.73. The van der Waals surface area contributed by atoms with Gasteiger partial charge in [-0.15, -0.1) is 0 Å². The van der Waals surface area contributed by atoms with Gasteiger partial charge in [0.25, 0.3) is 0 Å². The van der Waals surface area contributed by atoms with Crippen molar-refractivity contribution >= 4 is 21.8 Å². The lowest BCUT2D eigenvalue weighted by Crippen LogP contribution is -2.28. The highest BCUT2D eigenvalue weighted by Gasteiger charge is 2.10. The van der Waals surface area contributed by atoms with Gasteiger partial charge in [-0.3, -0.25) is 9.89 Å². The molecule has 7 heteroatoms. The molecule has 0 saturated carbocycles. The lowest BCUT2D eigenvalue weighted by Gasteiger charge is -2.15. The van der Waals surface area contributed by atoms with Gasteiger partial charge in [-0.1, -0.05) is 15.9 Å². The molecule has 6 nitrogen and oxygen atoms in total. The zero-order valence-electron chi connectivity index (χ0n) is 11.0. The summed E-state index contributed by atoms with van der Waals surface area (Å²) < 4.78 is 6.51. The smallest absolute Gasteiger partial charge is 0.226 e. The molecule has 2 aromatic rings. The first-order valence-electron chi connectivity index (χ1n) is 6.12. The van der Waals surface area contributed by atoms with E-state index in [1.807, 2.05) is 24.3 Å². The minimum Gasteiger partial charge on any atom is -0.493 e. The fourth-order valence-electron chi connectivity index (χ4n) is 1.60. The van der Waals surface area contributed by atoms with Gasteiger partial charge in [0.15, 0.2) is 0 Å². The van der Waals surface area contributed by atoms with Crippen LogP contribution in [0.1, 0.15) is 12.2 Å². The number of halogens is 1. The predicted molar refractivity (Wildman–Crippen MR) is 77.1 cm³/mol. The van der Waals surface area contributed by atoms with Crippen molar-refractivity contribution in [3.63, 3.8) is 0 Å². The third kappa shape index (κ3) is 4.34. The van der Waals surface area contributed by atoms with Gasteiger partial charge in [0, 0.05) is 11.5 Å². The number of ether oxygens (including phenoxy) is 1. The fraction of sp³-hybridized carbons (Fsp3) is 0.308. The minimum absolute atomic E-state index is 0.00138. The summed E-state index contributed by atoms with van der Waals surface area (Å²) in [5, 5.41) is 6.46. The van der Waals surface area contributed by atoms with E-state index in [2.05, 4.69) is 31.1 Å². The van der Waals surface area contributed by atoms with Crippen LogP contribution in [0.3, 0.4) is 0 Å². The quantitative estimate of drug-likeness (QED) is 0.874. The molecule has 0 aliphatic rings. The van der Waals surface area contributed by atoms with Crippen molar-refractivity contribution in [2.24, 2.45) is 0 Å². The van der Waals surface area contributed by atoms with Gasteiger partial charge in [0.2, 0.25) is 5.91 Å². The zero-order chi connectivity index (χ0) is 14.4. The molecule has 0 unspecified atom stereocenters. The fourth-order valence-corrected chi connectivity index (χ4v) is 1.86. The Morgan fingerprint density at radius 3 is 2.80 bits per heavy atom. The number of nitrogens with one attached hydrogen (secondary N) is 1. The largest absolute Gasteiger partial charge is 0.493 e. The molecule has 0 bridgehead atoms. The SMILES string of the molecule is CN(Cc1ncn[nH]1)C(=O)CCOc1ccc(Br)cc1. The molecular weight excluding hydrogens is 324 g/mol. The molecule has 0 atom stereocenters. The number of amides is 1. The second-order valence-corrected chi connectivity index (χ2v) is 5.15. The predicted octanol–water partition coefficient (Wildman–Crippen LogP) is 1.99. The summed E-state index contributed by atoms with van der Waals surface area (Å²) in [5.41, 5.74) is 0. The van der Waals surface area contributed by atoms with Gasteiger partial charge in [0.1, 0.15) is 17.9 Å². The first kappa shape index (κ1) is 14.5. The highest BCUT2D eigenvalue weighted by Crippen LogP contribution is 2.16. The zero-order valence-corrected chi connectivity index (χ0v) is 12.6. The van der Waals surface area contributed by atoms with Crippen LogP contribution in [-0.4, -0.2) is 39.6 Å². The number of benzene rings is 1. The molecule has 1 aromatic heterocycles. The molecule has 0 aliphatic heterocycles. The Bertz CT molecular complexity index is 542. The van der Waals surface area contributed by atoms with Crippen molar-refractivity contribution in [2.45, 2.75) is 13.0 Å². The van der Waals surface area contributed by atoms with Crippen molar-refractivity contribution in [3.05, 3.63) is 40.9 Å². The third-order valence-electron chi connectivity index (χ3n) is 2.68. The van der Waals surface area contributed by atoms with Crippen molar-refractivity contribution in [1.29, 1.82) is 0 Å². The average Bonchev–Trinajstić information content (AvgIpc) is 2.93. The molecule has 0 aliphatic carbocycles. The van der Waals surface area contributed by atoms with Crippen LogP contribution < -0.4 is 4.74 Å². The van der Waals surface area contributed by atoms with Crippen LogP contribution in [0.15, 0.2) is 35.1 Å². The molecule has 1 heterocycles. The summed E-state index contributed by atoms with van der Waals surface area (Å²) >= 11 is 3.35. The summed E-state index contributed by atoms with van der Waals surface area (Å²) in [5.74, 6) is 1.41. The van der Waals surface area contributed by atoms with E-state index < -0.39 is 0 Å². The lowest BCUT2D eigenvalue weighted by molar-refractivity contribution is -0.131. The Labute approximate surface area is 125 Å². The summed E-state index contributed by atoms with van der Waals surface area (Å²) in [6.45, 7) is 0.762. The van der Waals surface area contributed by atoms with Crippen LogP contribution >= 0.6 is 15.9 Å². The Morgan fingerprint density at radius 1 is 1.40 bits per heavy atom. The highest BCUT2D eigenvalue weighted by molar-refractivity contribution is 9.10. The average molecular weight is 339 g/mol. The number of rotatable bonds is 6. The molecule has 0 saturated heterocycles. The number of aromatic amines is 1. The van der Waals surface area contributed by atoms with Crippen LogP contribution in [0, 0.1) is 0 Å². The van der Waals surface area contributed by atoms with E-state index in [1.54, 1.807) is 11.9 Å². The normalized spacial score (nSPS) is 10.3. The number of carbonyl (C=O) groups is 1. The first-order valence-corrected chi connectivity index (χ1v) is 6.91. The summed E-state index contributed by atoms with van der Waals surface area (Å²) in [6.07, 6.45) is 1.74. The molecule has 0 radical (unpaired) electrons. The van der Waals surface area contributed by atoms with E-state index >= 15 is 0 Å². The summed E-state index contributed by atoms with van der Waals surface area (Å²) in [6, 6.07) is 7.50. The van der Waals surface area contributed by atoms with Gasteiger partial charge in [0.05, 0.1) is 19.6 Å². The number of carbonyl (C=O) groups excluding carboxylic acids is 1. The third-order valence-corrected chi connectivity index (χ3v) is 3.20. The van der Waals surface area contributed by atoms with E-state index in [0.717, 1.165) is 10.2 Å². The van der Waals surface area contributed by atoms with Gasteiger partial charge in [-0.05, 0) is 24.3 Å². The van der Waals surface area contributed by atoms with Crippen molar-refractivity contribution in [2.75, 3.05) is 13.7 Å². The van der Waals surface area contributed by atoms with Crippen molar-refractivity contribution < 1.29 is 9.53 Å². The van der Waals surface area contributed by atoms with Gasteiger partial charge < -0.3 is 9.64 Å². The molecule has 20 heavy (non-hydrogen) atoms. The molecular formula is C13H15BrN4O2. The van der Waals surface area contributed by atoms with Crippen molar-refractivity contribution in [1.82, 2.24) is 20.1 Å². The number of H-pyrrole nitrogens is 1. The molecule has 1 N–H and O–H groups in total. The number of nitrogens with zero attached hydrogens (tertiary/aromatic N) is 3. The molecule has 106 valence electrons. The Morgan fingerprint density at radius 2 is 2.15 bits per heavy atom. The highest BCUT2D eigenvalue weighted by atomic mass is 79.9. The van der Waals surface area contributed by atoms with Crippen LogP contribution in [0.2, 0.25) is 0 Å². The maximum absolute atomic E-state index is 11.9. The monoisotopic (exact) mass is 338 g/mol. The molecule has 0 fully saturated rings. The molecule has 0 spiro atoms. The number of aromatic nitrogens is 3. The lowest BCUT2D eigenvalue weighted by atomic mass is 10.3. The van der Waals surface area contributed by atoms with Crippen LogP contribution in [0.25, 0.3) is 0 Å². The second kappa shape index (κ2) is 7.04. The van der Waals surface area contributed by atoms with Crippen LogP contribution in [0.4, 0.5) is 0 Å². The van der Waals surface area contributed by atoms with E-state index in [9.17, 15) is 4.79 Å². The maximum Gasteiger partial charge on any atom is 0.226 e. The van der Waals surface area contributed by atoms with Crippen LogP contribution in [-0.2, 0) is 11.3 Å².